The number of benzene rings is 3. The van der Waals surface area contributed by atoms with E-state index in [4.69, 9.17) is 4.74 Å². The first-order valence-electron chi connectivity index (χ1n) is 7.07. The third-order valence-corrected chi connectivity index (χ3v) is 3.44. The minimum Gasteiger partial charge on any atom is -0.371 e. The van der Waals surface area contributed by atoms with E-state index < -0.39 is 0 Å². The lowest BCUT2D eigenvalue weighted by atomic mass is 10.0. The molecule has 0 heterocycles. The van der Waals surface area contributed by atoms with Gasteiger partial charge >= 0.3 is 0 Å². The van der Waals surface area contributed by atoms with Gasteiger partial charge in [-0.1, -0.05) is 36.4 Å². The van der Waals surface area contributed by atoms with E-state index in [0.29, 0.717) is 6.61 Å². The van der Waals surface area contributed by atoms with E-state index in [2.05, 4.69) is 75.4 Å². The van der Waals surface area contributed by atoms with Crippen molar-refractivity contribution >= 4 is 21.5 Å². The molecular weight excluding hydrogens is 244 g/mol. The summed E-state index contributed by atoms with van der Waals surface area (Å²) in [7, 11) is 0. The van der Waals surface area contributed by atoms with Crippen LogP contribution in [0.25, 0.3) is 21.5 Å². The van der Waals surface area contributed by atoms with Crippen LogP contribution in [0.4, 0.5) is 0 Å². The second kappa shape index (κ2) is 4.92. The Bertz CT molecular complexity index is 750. The predicted octanol–water partition coefficient (Wildman–Crippen LogP) is 5.31. The summed E-state index contributed by atoms with van der Waals surface area (Å²) in [6.45, 7) is 6.91. The highest BCUT2D eigenvalue weighted by molar-refractivity contribution is 5.98. The molecule has 3 rings (SSSR count). The van der Waals surface area contributed by atoms with Gasteiger partial charge in [-0.05, 0) is 66.1 Å². The molecule has 0 aliphatic heterocycles. The Morgan fingerprint density at radius 3 is 2.00 bits per heavy atom. The van der Waals surface area contributed by atoms with Crippen LogP contribution in [0.1, 0.15) is 26.3 Å². The minimum atomic E-state index is -0.0989. The second-order valence-corrected chi connectivity index (χ2v) is 6.28. The molecule has 0 fully saturated rings. The Labute approximate surface area is 120 Å². The van der Waals surface area contributed by atoms with Crippen molar-refractivity contribution in [1.82, 2.24) is 0 Å². The standard InChI is InChI=1S/C19H20O/c1-19(2,3)20-13-14-8-9-17-11-15-6-4-5-7-16(15)12-18(17)10-14/h4-12H,13H2,1-3H3. The molecule has 0 aliphatic rings. The number of hydrogen-bond acceptors (Lipinski definition) is 1. The largest absolute Gasteiger partial charge is 0.371 e. The van der Waals surface area contributed by atoms with E-state index in [-0.39, 0.29) is 5.60 Å². The number of fused-ring (bicyclic) bond motifs is 2. The van der Waals surface area contributed by atoms with Gasteiger partial charge in [0, 0.05) is 0 Å². The van der Waals surface area contributed by atoms with Crippen LogP contribution in [0.5, 0.6) is 0 Å². The average molecular weight is 264 g/mol. The predicted molar refractivity (Wildman–Crippen MR) is 86.0 cm³/mol. The molecule has 0 aromatic heterocycles. The van der Waals surface area contributed by atoms with Crippen LogP contribution in [0.3, 0.4) is 0 Å². The SMILES string of the molecule is CC(C)(C)OCc1ccc2cc3ccccc3cc2c1. The van der Waals surface area contributed by atoms with Gasteiger partial charge in [0.1, 0.15) is 0 Å². The lowest BCUT2D eigenvalue weighted by Crippen LogP contribution is -2.18. The van der Waals surface area contributed by atoms with E-state index in [9.17, 15) is 0 Å². The first-order valence-corrected chi connectivity index (χ1v) is 7.07. The van der Waals surface area contributed by atoms with Crippen molar-refractivity contribution in [1.29, 1.82) is 0 Å². The first kappa shape index (κ1) is 13.1. The van der Waals surface area contributed by atoms with Gasteiger partial charge in [-0.3, -0.25) is 0 Å². The molecule has 1 nitrogen and oxygen atoms in total. The van der Waals surface area contributed by atoms with Crippen LogP contribution in [-0.4, -0.2) is 5.60 Å². The Kier molecular flexibility index (Phi) is 3.23. The number of ether oxygens (including phenoxy) is 1. The molecule has 0 spiro atoms. The fourth-order valence-electron chi connectivity index (χ4n) is 2.38. The third kappa shape index (κ3) is 2.83. The fourth-order valence-corrected chi connectivity index (χ4v) is 2.38. The molecule has 3 aromatic rings. The van der Waals surface area contributed by atoms with Crippen molar-refractivity contribution < 1.29 is 4.74 Å². The maximum atomic E-state index is 5.85. The molecule has 0 radical (unpaired) electrons. The lowest BCUT2D eigenvalue weighted by molar-refractivity contribution is -0.0149. The number of hydrogen-bond donors (Lipinski definition) is 0. The molecule has 0 N–H and O–H groups in total. The summed E-state index contributed by atoms with van der Waals surface area (Å²) in [5.74, 6) is 0. The normalized spacial score (nSPS) is 12.2. The smallest absolute Gasteiger partial charge is 0.0724 e. The maximum absolute atomic E-state index is 5.85. The highest BCUT2D eigenvalue weighted by Gasteiger charge is 2.10. The molecule has 0 unspecified atom stereocenters. The molecule has 3 aromatic carbocycles. The molecule has 1 heteroatoms. The highest BCUT2D eigenvalue weighted by atomic mass is 16.5. The highest BCUT2D eigenvalue weighted by Crippen LogP contribution is 2.24. The average Bonchev–Trinajstić information content (AvgIpc) is 2.42. The zero-order valence-electron chi connectivity index (χ0n) is 12.3. The summed E-state index contributed by atoms with van der Waals surface area (Å²) in [5.41, 5.74) is 1.13. The van der Waals surface area contributed by atoms with Gasteiger partial charge in [0.15, 0.2) is 0 Å². The Morgan fingerprint density at radius 1 is 0.750 bits per heavy atom. The Balaban J connectivity index is 2.00. The Hall–Kier alpha value is -1.86. The van der Waals surface area contributed by atoms with E-state index in [1.165, 1.54) is 27.1 Å². The van der Waals surface area contributed by atoms with Crippen molar-refractivity contribution in [3.8, 4) is 0 Å². The maximum Gasteiger partial charge on any atom is 0.0724 e. The minimum absolute atomic E-state index is 0.0989. The van der Waals surface area contributed by atoms with Gasteiger partial charge in [0.2, 0.25) is 0 Å². The van der Waals surface area contributed by atoms with Crippen molar-refractivity contribution in [3.63, 3.8) is 0 Å². The summed E-state index contributed by atoms with van der Waals surface area (Å²) in [4.78, 5) is 0. The second-order valence-electron chi connectivity index (χ2n) is 6.28. The quantitative estimate of drug-likeness (QED) is 0.570. The van der Waals surface area contributed by atoms with Crippen LogP contribution in [0.2, 0.25) is 0 Å². The first-order chi connectivity index (χ1) is 9.51. The van der Waals surface area contributed by atoms with Gasteiger partial charge in [0.05, 0.1) is 12.2 Å². The van der Waals surface area contributed by atoms with Gasteiger partial charge in [-0.15, -0.1) is 0 Å². The fraction of sp³-hybridized carbons (Fsp3) is 0.263. The molecule has 0 bridgehead atoms. The molecule has 0 saturated carbocycles. The van der Waals surface area contributed by atoms with Crippen molar-refractivity contribution in [2.75, 3.05) is 0 Å². The van der Waals surface area contributed by atoms with E-state index in [0.717, 1.165) is 0 Å². The van der Waals surface area contributed by atoms with Gasteiger partial charge < -0.3 is 4.74 Å². The Morgan fingerprint density at radius 2 is 1.35 bits per heavy atom. The van der Waals surface area contributed by atoms with Crippen LogP contribution in [-0.2, 0) is 11.3 Å². The van der Waals surface area contributed by atoms with E-state index >= 15 is 0 Å². The lowest BCUT2D eigenvalue weighted by Gasteiger charge is -2.19. The summed E-state index contributed by atoms with van der Waals surface area (Å²) < 4.78 is 5.85. The van der Waals surface area contributed by atoms with Gasteiger partial charge in [-0.2, -0.15) is 0 Å². The zero-order chi connectivity index (χ0) is 14.2. The summed E-state index contributed by atoms with van der Waals surface area (Å²) in [6, 6.07) is 19.6. The van der Waals surface area contributed by atoms with Gasteiger partial charge in [0.25, 0.3) is 0 Å². The van der Waals surface area contributed by atoms with Crippen molar-refractivity contribution in [3.05, 3.63) is 60.2 Å². The zero-order valence-corrected chi connectivity index (χ0v) is 12.3. The van der Waals surface area contributed by atoms with Crippen LogP contribution < -0.4 is 0 Å². The molecular formula is C19H20O. The third-order valence-electron chi connectivity index (χ3n) is 3.44. The molecule has 0 saturated heterocycles. The monoisotopic (exact) mass is 264 g/mol. The molecule has 102 valence electrons. The molecule has 0 aliphatic carbocycles. The van der Waals surface area contributed by atoms with Crippen LogP contribution >= 0.6 is 0 Å². The summed E-state index contributed by atoms with van der Waals surface area (Å²) >= 11 is 0. The van der Waals surface area contributed by atoms with Crippen LogP contribution in [0, 0.1) is 0 Å². The molecule has 0 amide bonds. The molecule has 20 heavy (non-hydrogen) atoms. The summed E-state index contributed by atoms with van der Waals surface area (Å²) in [6.07, 6.45) is 0. The van der Waals surface area contributed by atoms with Crippen molar-refractivity contribution in [2.24, 2.45) is 0 Å². The number of rotatable bonds is 2. The van der Waals surface area contributed by atoms with E-state index in [1.54, 1.807) is 0 Å². The summed E-state index contributed by atoms with van der Waals surface area (Å²) in [5, 5.41) is 5.13. The van der Waals surface area contributed by atoms with Crippen LogP contribution in [0.15, 0.2) is 54.6 Å². The topological polar surface area (TPSA) is 9.23 Å². The van der Waals surface area contributed by atoms with Crippen molar-refractivity contribution in [2.45, 2.75) is 33.0 Å². The van der Waals surface area contributed by atoms with E-state index in [1.807, 2.05) is 0 Å². The van der Waals surface area contributed by atoms with Gasteiger partial charge in [-0.25, -0.2) is 0 Å². The molecule has 0 atom stereocenters.